The van der Waals surface area contributed by atoms with Crippen molar-refractivity contribution in [3.63, 3.8) is 0 Å². The van der Waals surface area contributed by atoms with Crippen molar-refractivity contribution in [3.05, 3.63) is 53.6 Å². The lowest BCUT2D eigenvalue weighted by Gasteiger charge is -2.18. The maximum atomic E-state index is 12.1. The zero-order valence-electron chi connectivity index (χ0n) is 13.6. The Labute approximate surface area is 138 Å². The molecule has 128 valence electrons. The number of ether oxygens (including phenoxy) is 2. The quantitative estimate of drug-likeness (QED) is 0.731. The van der Waals surface area contributed by atoms with Crippen LogP contribution in [0.25, 0.3) is 0 Å². The number of aryl methyl sites for hydroxylation is 1. The smallest absolute Gasteiger partial charge is 0.485 e. The first-order valence-electron chi connectivity index (χ1n) is 7.58. The van der Waals surface area contributed by atoms with Gasteiger partial charge in [-0.05, 0) is 54.4 Å². The van der Waals surface area contributed by atoms with Crippen LogP contribution >= 0.6 is 0 Å². The van der Waals surface area contributed by atoms with Crippen molar-refractivity contribution in [1.29, 1.82) is 0 Å². The van der Waals surface area contributed by atoms with Crippen LogP contribution in [-0.2, 0) is 0 Å². The average Bonchev–Trinajstić information content (AvgIpc) is 2.55. The van der Waals surface area contributed by atoms with Gasteiger partial charge in [-0.3, -0.25) is 0 Å². The first-order valence-corrected chi connectivity index (χ1v) is 7.58. The molecule has 1 heterocycles. The van der Waals surface area contributed by atoms with E-state index in [9.17, 15) is 13.2 Å². The summed E-state index contributed by atoms with van der Waals surface area (Å²) in [7, 11) is 0. The summed E-state index contributed by atoms with van der Waals surface area (Å²) in [5.41, 5.74) is 3.14. The molecule has 0 aliphatic carbocycles. The molecule has 0 radical (unpaired) electrons. The molecule has 0 N–H and O–H groups in total. The Bertz CT molecular complexity index is 722. The summed E-state index contributed by atoms with van der Waals surface area (Å²) >= 11 is 0. The summed E-state index contributed by atoms with van der Waals surface area (Å²) in [6.45, 7) is 6.23. The van der Waals surface area contributed by atoms with E-state index >= 15 is 0 Å². The van der Waals surface area contributed by atoms with E-state index < -0.39 is 6.36 Å². The molecule has 3 rings (SSSR count). The highest BCUT2D eigenvalue weighted by Crippen LogP contribution is 2.32. The second-order valence-corrected chi connectivity index (χ2v) is 4.89. The van der Waals surface area contributed by atoms with Crippen LogP contribution in [0.1, 0.15) is 25.0 Å². The Balaban J connectivity index is 0.00000100. The molecule has 0 saturated heterocycles. The third-order valence-electron chi connectivity index (χ3n) is 3.16. The lowest BCUT2D eigenvalue weighted by atomic mass is 10.1. The lowest BCUT2D eigenvalue weighted by molar-refractivity contribution is -0.274. The fourth-order valence-corrected chi connectivity index (χ4v) is 2.15. The highest BCUT2D eigenvalue weighted by Gasteiger charge is 2.31. The molecule has 2 aromatic rings. The molecular formula is C18H18F3NO2. The molecule has 6 heteroatoms. The van der Waals surface area contributed by atoms with Crippen molar-refractivity contribution >= 4 is 11.4 Å². The Morgan fingerprint density at radius 1 is 1.04 bits per heavy atom. The van der Waals surface area contributed by atoms with Crippen LogP contribution in [0, 0.1) is 6.92 Å². The van der Waals surface area contributed by atoms with Crippen LogP contribution in [0.5, 0.6) is 11.5 Å². The van der Waals surface area contributed by atoms with Gasteiger partial charge in [0.05, 0.1) is 5.71 Å². The topological polar surface area (TPSA) is 30.8 Å². The molecule has 0 unspecified atom stereocenters. The van der Waals surface area contributed by atoms with E-state index in [1.165, 1.54) is 24.3 Å². The summed E-state index contributed by atoms with van der Waals surface area (Å²) in [6.07, 6.45) is -4.69. The van der Waals surface area contributed by atoms with Crippen molar-refractivity contribution in [2.45, 2.75) is 27.1 Å². The molecular weight excluding hydrogens is 319 g/mol. The first kappa shape index (κ1) is 17.8. The SMILES string of the molecule is CC.Cc1ccc2c(c1)OCC(c1ccc(OC(F)(F)F)cc1)=N2. The number of hydrogen-bond donors (Lipinski definition) is 0. The molecule has 0 atom stereocenters. The van der Waals surface area contributed by atoms with Gasteiger partial charge in [0.25, 0.3) is 0 Å². The Morgan fingerprint density at radius 3 is 2.33 bits per heavy atom. The van der Waals surface area contributed by atoms with Gasteiger partial charge in [-0.15, -0.1) is 13.2 Å². The minimum Gasteiger partial charge on any atom is -0.485 e. The molecule has 1 aliphatic heterocycles. The normalized spacial score (nSPS) is 13.0. The minimum absolute atomic E-state index is 0.260. The second-order valence-electron chi connectivity index (χ2n) is 4.89. The van der Waals surface area contributed by atoms with Crippen LogP contribution in [0.15, 0.2) is 47.5 Å². The molecule has 0 aromatic heterocycles. The summed E-state index contributed by atoms with van der Waals surface area (Å²) in [5.74, 6) is 0.449. The summed E-state index contributed by atoms with van der Waals surface area (Å²) in [5, 5.41) is 0. The van der Waals surface area contributed by atoms with Gasteiger partial charge in [0, 0.05) is 0 Å². The number of rotatable bonds is 2. The molecule has 0 bridgehead atoms. The van der Waals surface area contributed by atoms with Crippen LogP contribution < -0.4 is 9.47 Å². The Morgan fingerprint density at radius 2 is 1.71 bits per heavy atom. The molecule has 0 saturated carbocycles. The van der Waals surface area contributed by atoms with Gasteiger partial charge in [-0.25, -0.2) is 4.99 Å². The van der Waals surface area contributed by atoms with Crippen molar-refractivity contribution in [1.82, 2.24) is 0 Å². The summed E-state index contributed by atoms with van der Waals surface area (Å²) < 4.78 is 45.9. The van der Waals surface area contributed by atoms with Crippen molar-refractivity contribution < 1.29 is 22.6 Å². The molecule has 0 fully saturated rings. The monoisotopic (exact) mass is 337 g/mol. The predicted molar refractivity (Wildman–Crippen MR) is 87.3 cm³/mol. The zero-order chi connectivity index (χ0) is 17.7. The van der Waals surface area contributed by atoms with Gasteiger partial charge >= 0.3 is 6.36 Å². The molecule has 24 heavy (non-hydrogen) atoms. The third-order valence-corrected chi connectivity index (χ3v) is 3.16. The van der Waals surface area contributed by atoms with Crippen molar-refractivity contribution in [2.75, 3.05) is 6.61 Å². The van der Waals surface area contributed by atoms with Gasteiger partial charge in [-0.2, -0.15) is 0 Å². The number of fused-ring (bicyclic) bond motifs is 1. The highest BCUT2D eigenvalue weighted by atomic mass is 19.4. The molecule has 3 nitrogen and oxygen atoms in total. The standard InChI is InChI=1S/C16H12F3NO2.C2H6/c1-10-2-7-13-15(8-10)21-9-14(20-13)11-3-5-12(6-4-11)22-16(17,18)19;1-2/h2-8H,9H2,1H3;1-2H3. The second kappa shape index (κ2) is 7.38. The van der Waals surface area contributed by atoms with Gasteiger partial charge < -0.3 is 9.47 Å². The van der Waals surface area contributed by atoms with Gasteiger partial charge in [0.2, 0.25) is 0 Å². The zero-order valence-corrected chi connectivity index (χ0v) is 13.6. The minimum atomic E-state index is -4.69. The fraction of sp³-hybridized carbons (Fsp3) is 0.278. The van der Waals surface area contributed by atoms with Crippen LogP contribution in [0.2, 0.25) is 0 Å². The number of benzene rings is 2. The largest absolute Gasteiger partial charge is 0.573 e. The van der Waals surface area contributed by atoms with E-state index in [0.29, 0.717) is 22.7 Å². The predicted octanol–water partition coefficient (Wildman–Crippen LogP) is 5.43. The van der Waals surface area contributed by atoms with Crippen molar-refractivity contribution in [2.24, 2.45) is 4.99 Å². The van der Waals surface area contributed by atoms with Gasteiger partial charge in [0.15, 0.2) is 0 Å². The molecule has 0 spiro atoms. The average molecular weight is 337 g/mol. The number of hydrogen-bond acceptors (Lipinski definition) is 3. The summed E-state index contributed by atoms with van der Waals surface area (Å²) in [4.78, 5) is 4.49. The van der Waals surface area contributed by atoms with E-state index in [-0.39, 0.29) is 12.4 Å². The molecule has 1 aliphatic rings. The Hall–Kier alpha value is -2.50. The van der Waals surface area contributed by atoms with E-state index in [2.05, 4.69) is 9.73 Å². The van der Waals surface area contributed by atoms with Crippen LogP contribution in [-0.4, -0.2) is 18.7 Å². The first-order chi connectivity index (χ1) is 11.4. The highest BCUT2D eigenvalue weighted by molar-refractivity contribution is 6.04. The maximum absolute atomic E-state index is 12.1. The molecule has 2 aromatic carbocycles. The van der Waals surface area contributed by atoms with Gasteiger partial charge in [0.1, 0.15) is 23.8 Å². The number of aliphatic imine (C=N–C) groups is 1. The van der Waals surface area contributed by atoms with Crippen LogP contribution in [0.4, 0.5) is 18.9 Å². The van der Waals surface area contributed by atoms with E-state index in [1.54, 1.807) is 0 Å². The maximum Gasteiger partial charge on any atom is 0.573 e. The number of halogens is 3. The van der Waals surface area contributed by atoms with Crippen LogP contribution in [0.3, 0.4) is 0 Å². The van der Waals surface area contributed by atoms with E-state index in [4.69, 9.17) is 4.74 Å². The third kappa shape index (κ3) is 4.50. The molecule has 0 amide bonds. The fourth-order valence-electron chi connectivity index (χ4n) is 2.15. The number of alkyl halides is 3. The van der Waals surface area contributed by atoms with Crippen molar-refractivity contribution in [3.8, 4) is 11.5 Å². The van der Waals surface area contributed by atoms with Gasteiger partial charge in [-0.1, -0.05) is 19.9 Å². The number of nitrogens with zero attached hydrogens (tertiary/aromatic N) is 1. The van der Waals surface area contributed by atoms with E-state index in [0.717, 1.165) is 5.56 Å². The summed E-state index contributed by atoms with van der Waals surface area (Å²) in [6, 6.07) is 11.3. The Kier molecular flexibility index (Phi) is 5.49. The van der Waals surface area contributed by atoms with E-state index in [1.807, 2.05) is 39.0 Å². The lowest BCUT2D eigenvalue weighted by Crippen LogP contribution is -2.18.